The summed E-state index contributed by atoms with van der Waals surface area (Å²) < 4.78 is 90.1. The zero-order valence-electron chi connectivity index (χ0n) is 61.8. The van der Waals surface area contributed by atoms with Crippen LogP contribution in [0.2, 0.25) is 0 Å². The number of hydrogen-bond donors (Lipinski definition) is 6. The lowest BCUT2D eigenvalue weighted by molar-refractivity contribution is 0.0679. The van der Waals surface area contributed by atoms with E-state index in [1.54, 1.807) is 32.8 Å². The van der Waals surface area contributed by atoms with Crippen LogP contribution < -0.4 is 57.8 Å². The highest BCUT2D eigenvalue weighted by Crippen LogP contribution is 2.48. The average molecular weight is 1610 g/mol. The zero-order chi connectivity index (χ0) is 80.6. The Kier molecular flexibility index (Phi) is 21.6. The Labute approximate surface area is 652 Å². The number of carboxylic acids is 4. The number of nitrogens with zero attached hydrogens (tertiary/aromatic N) is 11. The Morgan fingerprint density at radius 1 is 0.605 bits per heavy atom. The van der Waals surface area contributed by atoms with Crippen molar-refractivity contribution in [3.63, 3.8) is 0 Å². The molecule has 6 fully saturated rings. The van der Waals surface area contributed by atoms with Gasteiger partial charge in [0.1, 0.15) is 68.7 Å². The van der Waals surface area contributed by atoms with Crippen molar-refractivity contribution in [2.75, 3.05) is 131 Å². The minimum atomic E-state index is -1.41. The van der Waals surface area contributed by atoms with Crippen LogP contribution in [0.1, 0.15) is 103 Å². The van der Waals surface area contributed by atoms with Crippen LogP contribution in [0.4, 0.5) is 44.7 Å². The maximum Gasteiger partial charge on any atom is 0.519 e. The van der Waals surface area contributed by atoms with Gasteiger partial charge in [0.15, 0.2) is 5.76 Å². The third-order valence-corrected chi connectivity index (χ3v) is 24.4. The molecule has 6 N–H and O–H groups in total. The number of piperazine rings is 3. The molecular formula is C79H76F5N13O15S2. The van der Waals surface area contributed by atoms with E-state index in [9.17, 15) is 82.0 Å². The molecule has 7 aliphatic heterocycles. The van der Waals surface area contributed by atoms with Crippen molar-refractivity contribution in [2.45, 2.75) is 80.0 Å². The van der Waals surface area contributed by atoms with Gasteiger partial charge in [0.05, 0.1) is 77.4 Å². The Morgan fingerprint density at radius 2 is 1.18 bits per heavy atom. The molecular weight excluding hydrogens is 1530 g/mol. The summed E-state index contributed by atoms with van der Waals surface area (Å²) in [5.41, 5.74) is -0.287. The first-order valence-corrected chi connectivity index (χ1v) is 39.0. The minimum Gasteiger partial charge on any atom is -0.477 e. The molecule has 0 radical (unpaired) electrons. The molecule has 0 bridgehead atoms. The number of thioether (sulfide) groups is 2. The molecule has 8 aliphatic rings. The molecule has 114 heavy (non-hydrogen) atoms. The monoisotopic (exact) mass is 1610 g/mol. The molecule has 1 saturated carbocycles. The number of piperidine rings is 1. The number of aromatic nitrogens is 4. The van der Waals surface area contributed by atoms with Crippen LogP contribution in [0.15, 0.2) is 122 Å². The number of benzene rings is 5. The number of halogens is 5. The molecule has 12 heterocycles. The van der Waals surface area contributed by atoms with Gasteiger partial charge in [0.25, 0.3) is 0 Å². The third-order valence-electron chi connectivity index (χ3n) is 22.2. The van der Waals surface area contributed by atoms with E-state index < -0.39 is 91.6 Å². The number of pyridine rings is 4. The van der Waals surface area contributed by atoms with Crippen molar-refractivity contribution in [1.82, 2.24) is 38.7 Å². The van der Waals surface area contributed by atoms with E-state index in [1.807, 2.05) is 33.6 Å². The maximum absolute atomic E-state index is 15.2. The second-order valence-corrected chi connectivity index (χ2v) is 31.6. The van der Waals surface area contributed by atoms with Crippen LogP contribution in [0.5, 0.6) is 0 Å². The van der Waals surface area contributed by atoms with Crippen molar-refractivity contribution in [2.24, 2.45) is 5.92 Å². The molecule has 1 aliphatic carbocycles. The lowest BCUT2D eigenvalue weighted by Gasteiger charge is -2.37. The van der Waals surface area contributed by atoms with Crippen LogP contribution in [0.25, 0.3) is 49.3 Å². The molecule has 594 valence electrons. The fourth-order valence-electron chi connectivity index (χ4n) is 16.2. The van der Waals surface area contributed by atoms with E-state index in [0.717, 1.165) is 81.5 Å². The predicted molar refractivity (Wildman–Crippen MR) is 417 cm³/mol. The molecule has 0 amide bonds. The highest BCUT2D eigenvalue weighted by atomic mass is 32.2. The van der Waals surface area contributed by atoms with Crippen molar-refractivity contribution >= 4 is 114 Å². The van der Waals surface area contributed by atoms with E-state index in [1.165, 1.54) is 77.0 Å². The number of carboxylic acid groups (broad SMARTS) is 4. The van der Waals surface area contributed by atoms with E-state index in [0.29, 0.717) is 152 Å². The lowest BCUT2D eigenvalue weighted by Crippen LogP contribution is -2.46. The van der Waals surface area contributed by atoms with Crippen molar-refractivity contribution in [3.05, 3.63) is 199 Å². The number of hydrogen-bond acceptors (Lipinski definition) is 22. The van der Waals surface area contributed by atoms with E-state index >= 15 is 8.78 Å². The molecule has 35 heteroatoms. The van der Waals surface area contributed by atoms with E-state index in [4.69, 9.17) is 8.83 Å². The van der Waals surface area contributed by atoms with Crippen molar-refractivity contribution < 1.29 is 70.4 Å². The number of carbonyl (C=O) groups is 4. The van der Waals surface area contributed by atoms with Crippen molar-refractivity contribution in [3.8, 4) is 11.8 Å². The van der Waals surface area contributed by atoms with Gasteiger partial charge in [0.2, 0.25) is 21.7 Å². The lowest BCUT2D eigenvalue weighted by atomic mass is 9.94. The van der Waals surface area contributed by atoms with Gasteiger partial charge in [-0.1, -0.05) is 11.8 Å². The maximum atomic E-state index is 15.2. The minimum absolute atomic E-state index is 0.0319. The van der Waals surface area contributed by atoms with Gasteiger partial charge in [-0.2, -0.15) is 5.26 Å². The van der Waals surface area contributed by atoms with Crippen LogP contribution in [-0.2, 0) is 13.1 Å². The van der Waals surface area contributed by atoms with Crippen LogP contribution >= 0.6 is 23.5 Å². The van der Waals surface area contributed by atoms with Crippen LogP contribution in [0, 0.1) is 53.3 Å². The fraction of sp³-hybridized carbons (Fsp3) is 0.367. The normalized spacial score (nSPS) is 18.7. The van der Waals surface area contributed by atoms with Gasteiger partial charge in [-0.15, -0.1) is 11.8 Å². The molecule has 5 aromatic heterocycles. The number of aromatic carboxylic acids is 4. The summed E-state index contributed by atoms with van der Waals surface area (Å²) in [6, 6.07) is 15.6. The Bertz CT molecular complexity index is 5980. The smallest absolute Gasteiger partial charge is 0.477 e. The Balaban J connectivity index is 0.000000120. The van der Waals surface area contributed by atoms with Gasteiger partial charge >= 0.3 is 29.7 Å². The van der Waals surface area contributed by atoms with Gasteiger partial charge in [0, 0.05) is 151 Å². The largest absolute Gasteiger partial charge is 0.519 e. The van der Waals surface area contributed by atoms with Crippen LogP contribution in [-0.4, -0.2) is 189 Å². The summed E-state index contributed by atoms with van der Waals surface area (Å²) in [5.74, 6) is -6.67. The van der Waals surface area contributed by atoms with E-state index in [-0.39, 0.29) is 61.4 Å². The summed E-state index contributed by atoms with van der Waals surface area (Å²) in [7, 11) is 2.04. The third kappa shape index (κ3) is 14.7. The molecule has 0 spiro atoms. The highest BCUT2D eigenvalue weighted by molar-refractivity contribution is 8.00. The molecule has 18 rings (SSSR count). The van der Waals surface area contributed by atoms with Gasteiger partial charge in [-0.25, -0.2) is 45.9 Å². The zero-order valence-corrected chi connectivity index (χ0v) is 63.4. The fourth-order valence-corrected chi connectivity index (χ4v) is 18.6. The summed E-state index contributed by atoms with van der Waals surface area (Å²) in [5, 5.41) is 54.7. The van der Waals surface area contributed by atoms with Crippen molar-refractivity contribution in [1.29, 1.82) is 5.26 Å². The first kappa shape index (κ1) is 78.0. The topological polar surface area (TPSA) is 348 Å². The molecule has 5 aromatic carbocycles. The molecule has 10 aromatic rings. The SMILES string of the molecule is CN1CCN(c2c(F)cc3c(=O)c(C(=O)O)cn4c3c2SCC4)CC1.Cc1oc(=O)oc1CN1CCN(c2cc3c(cc2F)c(=O)c(C(=O)O)c2n3C(C)S2)CC1.N#Cc1c(N2C[C@@H]3CCCN[C@@H]3C2)c(F)cc2c(=O)c(C(=O)O)cn(C3CC3)c12.O=C(O)c1cn(-c2ccc(F)cc2)c2cc(N3CCNCC3)c(F)cc2c1=O. The number of rotatable bonds is 12. The Morgan fingerprint density at radius 3 is 1.78 bits per heavy atom. The second kappa shape index (κ2) is 31.6. The van der Waals surface area contributed by atoms with Gasteiger partial charge < -0.3 is 82.7 Å². The second-order valence-electron chi connectivity index (χ2n) is 29.2. The number of likely N-dealkylation sites (N-methyl/N-ethyl adjacent to an activating group) is 1. The number of aryl methyl sites for hydroxylation is 2. The first-order valence-electron chi connectivity index (χ1n) is 37.1. The summed E-state index contributed by atoms with van der Waals surface area (Å²) in [6.45, 7) is 14.9. The average Bonchev–Trinajstić information content (AvgIpc) is 1.25. The quantitative estimate of drug-likeness (QED) is 0.0621. The summed E-state index contributed by atoms with van der Waals surface area (Å²) in [4.78, 5) is 121. The standard InChI is InChI=1S/C21H21FN4O3.C21H20FN3O6S.C20H17F2N3O3.C17H18FN3O3S/c22-16-6-13-18(26(12-3-4-12)9-15(20(13)27)21(28)29)14(7-23)19(16)25-8-11-2-1-5-24-17(11)10-25;1-10-16(31-21(29)30-10)9-23-3-5-24(6-4-23)15-8-14-12(7-13(15)22)18(26)17(20(27)28)19-25(14)11(2)32-19;21-12-1-3-13(4-2-12)25-11-15(20(27)28)19(26)14-9-16(22)18(10-17(14)25)24-7-5-23-6-8-24;1-19-2-4-20(5-3-19)14-12(18)8-10-13-16(14)25-7-6-21(13)9-11(15(10)22)17(23)24/h6,9,11-12,17,24H,1-5,8,10H2,(H,28,29);7-8,11H,3-6,9H2,1-2H3,(H,27,28);1-4,9-11,23H,5-8H2,(H,27,28);8-9H,2-7H2,1H3,(H,23,24)/t11-,17+;;;/m0.../s1. The first-order chi connectivity index (χ1) is 54.7. The number of fused-ring (bicyclic) bond motifs is 6. The highest BCUT2D eigenvalue weighted by Gasteiger charge is 2.40. The molecule has 1 unspecified atom stereocenters. The molecule has 3 atom stereocenters. The summed E-state index contributed by atoms with van der Waals surface area (Å²) in [6.07, 6.45) is 7.73. The number of nitrogens with one attached hydrogen (secondary N) is 2. The number of anilines is 4. The van der Waals surface area contributed by atoms with E-state index in [2.05, 4.69) is 26.5 Å². The van der Waals surface area contributed by atoms with Crippen LogP contribution in [0.3, 0.4) is 0 Å². The predicted octanol–water partition coefficient (Wildman–Crippen LogP) is 8.95. The number of nitriles is 1. The molecule has 5 saturated heterocycles. The Hall–Kier alpha value is -11.3. The molecule has 28 nitrogen and oxygen atoms in total. The summed E-state index contributed by atoms with van der Waals surface area (Å²) >= 11 is 2.85. The van der Waals surface area contributed by atoms with Gasteiger partial charge in [-0.05, 0) is 120 Å². The van der Waals surface area contributed by atoms with Gasteiger partial charge in [-0.3, -0.25) is 24.1 Å².